The molecule has 3 nitrogen and oxygen atoms in total. The minimum absolute atomic E-state index is 0.610. The van der Waals surface area contributed by atoms with Crippen LogP contribution in [0.3, 0.4) is 0 Å². The molecule has 0 amide bonds. The molecular formula is C37H21NO2. The second kappa shape index (κ2) is 8.73. The van der Waals surface area contributed by atoms with Gasteiger partial charge in [0.15, 0.2) is 0 Å². The van der Waals surface area contributed by atoms with E-state index in [0.29, 0.717) is 5.56 Å². The van der Waals surface area contributed by atoms with Crippen LogP contribution in [0.25, 0.3) is 77.3 Å². The van der Waals surface area contributed by atoms with Gasteiger partial charge >= 0.3 is 0 Å². The molecule has 0 radical (unpaired) electrons. The fraction of sp³-hybridized carbons (Fsp3) is 0. The number of para-hydroxylation sites is 2. The van der Waals surface area contributed by atoms with E-state index in [1.54, 1.807) is 0 Å². The molecule has 6 aromatic carbocycles. The lowest BCUT2D eigenvalue weighted by Gasteiger charge is -2.17. The molecule has 0 atom stereocenters. The minimum Gasteiger partial charge on any atom is -0.456 e. The zero-order valence-corrected chi connectivity index (χ0v) is 21.4. The summed E-state index contributed by atoms with van der Waals surface area (Å²) in [5, 5.41) is 14.4. The second-order valence-electron chi connectivity index (χ2n) is 10.0. The Morgan fingerprint density at radius 1 is 0.425 bits per heavy atom. The first kappa shape index (κ1) is 22.4. The van der Waals surface area contributed by atoms with Crippen LogP contribution < -0.4 is 0 Å². The Morgan fingerprint density at radius 3 is 1.43 bits per heavy atom. The Balaban J connectivity index is 1.44. The number of furan rings is 2. The van der Waals surface area contributed by atoms with Crippen LogP contribution in [0.1, 0.15) is 5.56 Å². The molecule has 186 valence electrons. The van der Waals surface area contributed by atoms with Crippen LogP contribution in [0, 0.1) is 11.3 Å². The molecule has 0 saturated heterocycles. The quantitative estimate of drug-likeness (QED) is 0.237. The average molecular weight is 512 g/mol. The van der Waals surface area contributed by atoms with Crippen molar-refractivity contribution in [1.82, 2.24) is 0 Å². The molecule has 0 fully saturated rings. The van der Waals surface area contributed by atoms with E-state index < -0.39 is 0 Å². The highest BCUT2D eigenvalue weighted by Gasteiger charge is 2.19. The zero-order valence-electron chi connectivity index (χ0n) is 21.4. The van der Waals surface area contributed by atoms with Crippen LogP contribution in [-0.4, -0.2) is 0 Å². The SMILES string of the molecule is N#Cc1cc(-c2ccc3oc4ccccc4c3c2)c(-c2ccccc2)c(-c2ccc3oc4ccccc4c3c2)c1. The average Bonchev–Trinajstić information content (AvgIpc) is 3.58. The van der Waals surface area contributed by atoms with Crippen molar-refractivity contribution in [2.45, 2.75) is 0 Å². The van der Waals surface area contributed by atoms with Crippen molar-refractivity contribution in [3.05, 3.63) is 133 Å². The Morgan fingerprint density at radius 2 is 0.900 bits per heavy atom. The topological polar surface area (TPSA) is 50.1 Å². The fourth-order valence-corrected chi connectivity index (χ4v) is 5.87. The van der Waals surface area contributed by atoms with Gasteiger partial charge in [-0.2, -0.15) is 5.26 Å². The first-order valence-electron chi connectivity index (χ1n) is 13.2. The van der Waals surface area contributed by atoms with Gasteiger partial charge in [0.25, 0.3) is 0 Å². The molecule has 8 rings (SSSR count). The van der Waals surface area contributed by atoms with Crippen LogP contribution in [-0.2, 0) is 0 Å². The highest BCUT2D eigenvalue weighted by molar-refractivity contribution is 6.09. The van der Waals surface area contributed by atoms with Gasteiger partial charge in [-0.25, -0.2) is 0 Å². The van der Waals surface area contributed by atoms with Crippen molar-refractivity contribution in [3.8, 4) is 39.4 Å². The van der Waals surface area contributed by atoms with Crippen LogP contribution in [0.5, 0.6) is 0 Å². The van der Waals surface area contributed by atoms with Crippen molar-refractivity contribution >= 4 is 43.9 Å². The number of nitriles is 1. The normalized spacial score (nSPS) is 11.5. The summed E-state index contributed by atoms with van der Waals surface area (Å²) in [6, 6.07) is 45.6. The lowest BCUT2D eigenvalue weighted by atomic mass is 9.85. The zero-order chi connectivity index (χ0) is 26.6. The molecule has 0 bridgehead atoms. The van der Waals surface area contributed by atoms with Crippen molar-refractivity contribution in [3.63, 3.8) is 0 Å². The van der Waals surface area contributed by atoms with Gasteiger partial charge in [-0.3, -0.25) is 0 Å². The highest BCUT2D eigenvalue weighted by Crippen LogP contribution is 2.44. The van der Waals surface area contributed by atoms with Crippen molar-refractivity contribution in [2.75, 3.05) is 0 Å². The third kappa shape index (κ3) is 3.44. The van der Waals surface area contributed by atoms with Gasteiger partial charge in [-0.05, 0) is 81.9 Å². The standard InChI is InChI=1S/C37H21NO2/c38-22-23-18-29(25-14-16-35-31(20-25)27-10-4-6-12-33(27)39-35)37(24-8-2-1-3-9-24)30(19-23)26-15-17-36-32(21-26)28-11-5-7-13-34(28)40-36/h1-21H. The molecule has 0 aliphatic heterocycles. The molecule has 0 aliphatic rings. The van der Waals surface area contributed by atoms with E-state index in [2.05, 4.69) is 66.7 Å². The summed E-state index contributed by atoms with van der Waals surface area (Å²) in [6.45, 7) is 0. The maximum absolute atomic E-state index is 10.1. The summed E-state index contributed by atoms with van der Waals surface area (Å²) in [7, 11) is 0. The molecule has 2 heterocycles. The van der Waals surface area contributed by atoms with Crippen molar-refractivity contribution < 1.29 is 8.83 Å². The minimum atomic E-state index is 0.610. The number of hydrogen-bond donors (Lipinski definition) is 0. The van der Waals surface area contributed by atoms with E-state index in [1.807, 2.05) is 66.7 Å². The second-order valence-corrected chi connectivity index (χ2v) is 10.0. The number of benzene rings is 6. The van der Waals surface area contributed by atoms with Gasteiger partial charge in [0.1, 0.15) is 22.3 Å². The van der Waals surface area contributed by atoms with E-state index in [1.165, 1.54) is 0 Å². The molecule has 0 saturated carbocycles. The van der Waals surface area contributed by atoms with Gasteiger partial charge in [0, 0.05) is 21.5 Å². The molecule has 3 heteroatoms. The number of rotatable bonds is 3. The maximum atomic E-state index is 10.1. The molecule has 40 heavy (non-hydrogen) atoms. The Bertz CT molecular complexity index is 2140. The predicted octanol–water partition coefficient (Wildman–Crippen LogP) is 10.4. The van der Waals surface area contributed by atoms with Gasteiger partial charge in [-0.15, -0.1) is 0 Å². The summed E-state index contributed by atoms with van der Waals surface area (Å²) in [4.78, 5) is 0. The number of fused-ring (bicyclic) bond motifs is 6. The van der Waals surface area contributed by atoms with Crippen LogP contribution in [0.4, 0.5) is 0 Å². The Hall–Kier alpha value is -5.59. The van der Waals surface area contributed by atoms with E-state index in [0.717, 1.165) is 77.3 Å². The summed E-state index contributed by atoms with van der Waals surface area (Å²) in [5.41, 5.74) is 10.3. The van der Waals surface area contributed by atoms with Gasteiger partial charge < -0.3 is 8.83 Å². The third-order valence-electron chi connectivity index (χ3n) is 7.71. The Labute approximate surface area is 230 Å². The summed E-state index contributed by atoms with van der Waals surface area (Å²) < 4.78 is 12.2. The van der Waals surface area contributed by atoms with E-state index >= 15 is 0 Å². The van der Waals surface area contributed by atoms with Gasteiger partial charge in [0.05, 0.1) is 11.6 Å². The number of nitrogens with zero attached hydrogens (tertiary/aromatic N) is 1. The maximum Gasteiger partial charge on any atom is 0.135 e. The van der Waals surface area contributed by atoms with Crippen LogP contribution in [0.15, 0.2) is 136 Å². The van der Waals surface area contributed by atoms with Crippen molar-refractivity contribution in [2.24, 2.45) is 0 Å². The number of hydrogen-bond acceptors (Lipinski definition) is 3. The molecule has 0 unspecified atom stereocenters. The first-order chi connectivity index (χ1) is 19.8. The third-order valence-corrected chi connectivity index (χ3v) is 7.71. The lowest BCUT2D eigenvalue weighted by molar-refractivity contribution is 0.668. The lowest BCUT2D eigenvalue weighted by Crippen LogP contribution is -1.93. The van der Waals surface area contributed by atoms with Gasteiger partial charge in [-0.1, -0.05) is 78.9 Å². The molecule has 8 aromatic rings. The van der Waals surface area contributed by atoms with E-state index in [9.17, 15) is 5.26 Å². The molecule has 2 aromatic heterocycles. The van der Waals surface area contributed by atoms with E-state index in [4.69, 9.17) is 8.83 Å². The van der Waals surface area contributed by atoms with E-state index in [-0.39, 0.29) is 0 Å². The summed E-state index contributed by atoms with van der Waals surface area (Å²) in [5.74, 6) is 0. The largest absolute Gasteiger partial charge is 0.456 e. The van der Waals surface area contributed by atoms with Crippen molar-refractivity contribution in [1.29, 1.82) is 5.26 Å². The molecule has 0 spiro atoms. The summed E-state index contributed by atoms with van der Waals surface area (Å²) in [6.07, 6.45) is 0. The summed E-state index contributed by atoms with van der Waals surface area (Å²) >= 11 is 0. The first-order valence-corrected chi connectivity index (χ1v) is 13.2. The predicted molar refractivity (Wildman–Crippen MR) is 162 cm³/mol. The molecule has 0 aliphatic carbocycles. The van der Waals surface area contributed by atoms with Crippen LogP contribution >= 0.6 is 0 Å². The fourth-order valence-electron chi connectivity index (χ4n) is 5.87. The molecular weight excluding hydrogens is 490 g/mol. The van der Waals surface area contributed by atoms with Gasteiger partial charge in [0.2, 0.25) is 0 Å². The van der Waals surface area contributed by atoms with Crippen LogP contribution in [0.2, 0.25) is 0 Å². The Kier molecular flexibility index (Phi) is 4.89. The highest BCUT2D eigenvalue weighted by atomic mass is 16.3. The smallest absolute Gasteiger partial charge is 0.135 e. The monoisotopic (exact) mass is 511 g/mol. The molecule has 0 N–H and O–H groups in total.